The van der Waals surface area contributed by atoms with E-state index in [1.54, 1.807) is 17.6 Å². The number of esters is 1. The number of aromatic nitrogens is 1. The number of benzene rings is 1. The van der Waals surface area contributed by atoms with Crippen LogP contribution in [-0.2, 0) is 11.2 Å². The molecule has 4 nitrogen and oxygen atoms in total. The molecule has 1 aromatic carbocycles. The van der Waals surface area contributed by atoms with E-state index in [0.717, 1.165) is 12.1 Å². The lowest BCUT2D eigenvalue weighted by Crippen LogP contribution is -2.13. The van der Waals surface area contributed by atoms with Gasteiger partial charge in [0.15, 0.2) is 5.69 Å². The van der Waals surface area contributed by atoms with Crippen molar-refractivity contribution in [1.82, 2.24) is 4.57 Å². The molecule has 0 saturated carbocycles. The average molecular weight is 293 g/mol. The summed E-state index contributed by atoms with van der Waals surface area (Å²) >= 11 is 6.18. The van der Waals surface area contributed by atoms with Crippen molar-refractivity contribution < 1.29 is 9.53 Å². The highest BCUT2D eigenvalue weighted by molar-refractivity contribution is 6.30. The van der Waals surface area contributed by atoms with Crippen LogP contribution in [-0.4, -0.2) is 17.1 Å². The van der Waals surface area contributed by atoms with Gasteiger partial charge >= 0.3 is 5.97 Å². The van der Waals surface area contributed by atoms with Gasteiger partial charge in [-0.1, -0.05) is 30.7 Å². The molecule has 0 spiro atoms. The Bertz CT molecular complexity index is 618. The molecule has 20 heavy (non-hydrogen) atoms. The van der Waals surface area contributed by atoms with Crippen molar-refractivity contribution in [1.29, 1.82) is 0 Å². The Morgan fingerprint density at radius 3 is 2.50 bits per heavy atom. The minimum absolute atomic E-state index is 0.265. The lowest BCUT2D eigenvalue weighted by Gasteiger charge is -2.11. The third kappa shape index (κ3) is 2.65. The number of rotatable bonds is 4. The second kappa shape index (κ2) is 6.01. The quantitative estimate of drug-likeness (QED) is 0.878. The van der Waals surface area contributed by atoms with E-state index in [4.69, 9.17) is 22.1 Å². The van der Waals surface area contributed by atoms with E-state index in [1.165, 1.54) is 5.56 Å². The van der Waals surface area contributed by atoms with Crippen molar-refractivity contribution >= 4 is 23.3 Å². The number of hydrogen-bond donors (Lipinski definition) is 1. The number of halogens is 1. The Balaban J connectivity index is 2.51. The summed E-state index contributed by atoms with van der Waals surface area (Å²) in [5.41, 5.74) is 8.43. The zero-order valence-corrected chi connectivity index (χ0v) is 12.3. The molecule has 0 radical (unpaired) electrons. The van der Waals surface area contributed by atoms with Crippen molar-refractivity contribution in [2.45, 2.75) is 20.3 Å². The van der Waals surface area contributed by atoms with E-state index in [0.29, 0.717) is 10.8 Å². The van der Waals surface area contributed by atoms with E-state index in [-0.39, 0.29) is 12.3 Å². The van der Waals surface area contributed by atoms with Gasteiger partial charge in [0.1, 0.15) is 5.15 Å². The highest BCUT2D eigenvalue weighted by Gasteiger charge is 2.21. The van der Waals surface area contributed by atoms with Crippen LogP contribution in [0.5, 0.6) is 0 Å². The van der Waals surface area contributed by atoms with Gasteiger partial charge in [-0.05, 0) is 37.1 Å². The van der Waals surface area contributed by atoms with E-state index < -0.39 is 5.97 Å². The number of anilines is 1. The maximum absolute atomic E-state index is 12.0. The molecule has 2 rings (SSSR count). The molecule has 0 aliphatic rings. The summed E-state index contributed by atoms with van der Waals surface area (Å²) in [6.07, 6.45) is 0.951. The van der Waals surface area contributed by atoms with E-state index in [1.807, 2.05) is 24.3 Å². The van der Waals surface area contributed by atoms with Gasteiger partial charge in [-0.15, -0.1) is 0 Å². The van der Waals surface area contributed by atoms with E-state index >= 15 is 0 Å². The lowest BCUT2D eigenvalue weighted by molar-refractivity contribution is 0.0518. The maximum atomic E-state index is 12.0. The van der Waals surface area contributed by atoms with Crippen LogP contribution in [0.4, 0.5) is 5.69 Å². The fourth-order valence-electron chi connectivity index (χ4n) is 2.04. The number of aryl methyl sites for hydroxylation is 1. The minimum atomic E-state index is -0.475. The van der Waals surface area contributed by atoms with Gasteiger partial charge in [0.25, 0.3) is 0 Å². The van der Waals surface area contributed by atoms with Gasteiger partial charge in [-0.2, -0.15) is 0 Å². The van der Waals surface area contributed by atoms with E-state index in [2.05, 4.69) is 6.92 Å². The Kier molecular flexibility index (Phi) is 4.35. The summed E-state index contributed by atoms with van der Waals surface area (Å²) in [4.78, 5) is 12.0. The molecular weight excluding hydrogens is 276 g/mol. The van der Waals surface area contributed by atoms with Crippen molar-refractivity contribution in [3.63, 3.8) is 0 Å². The number of nitrogens with two attached hydrogens (primary N) is 1. The van der Waals surface area contributed by atoms with Crippen LogP contribution in [0.25, 0.3) is 5.69 Å². The summed E-state index contributed by atoms with van der Waals surface area (Å²) < 4.78 is 6.64. The molecule has 106 valence electrons. The molecule has 0 atom stereocenters. The summed E-state index contributed by atoms with van der Waals surface area (Å²) in [6, 6.07) is 9.37. The third-order valence-corrected chi connectivity index (χ3v) is 3.33. The molecule has 0 aliphatic heterocycles. The molecule has 0 fully saturated rings. The zero-order chi connectivity index (χ0) is 14.7. The standard InChI is InChI=1S/C15H17ClN2O2/c1-3-10-5-7-11(8-6-10)18-13(16)9-12(17)14(18)15(19)20-4-2/h5-9H,3-4,17H2,1-2H3. The minimum Gasteiger partial charge on any atom is -0.461 e. The predicted molar refractivity (Wildman–Crippen MR) is 80.5 cm³/mol. The molecular formula is C15H17ClN2O2. The first kappa shape index (κ1) is 14.5. The first-order valence-corrected chi connectivity index (χ1v) is 6.89. The lowest BCUT2D eigenvalue weighted by atomic mass is 10.1. The summed E-state index contributed by atoms with van der Waals surface area (Å²) in [6.45, 7) is 4.12. The highest BCUT2D eigenvalue weighted by Crippen LogP contribution is 2.28. The van der Waals surface area contributed by atoms with Gasteiger partial charge < -0.3 is 10.5 Å². The first-order chi connectivity index (χ1) is 9.58. The first-order valence-electron chi connectivity index (χ1n) is 6.51. The van der Waals surface area contributed by atoms with Crippen molar-refractivity contribution in [3.8, 4) is 5.69 Å². The van der Waals surface area contributed by atoms with Crippen LogP contribution in [0.15, 0.2) is 30.3 Å². The van der Waals surface area contributed by atoms with Crippen molar-refractivity contribution in [3.05, 3.63) is 46.7 Å². The van der Waals surface area contributed by atoms with Crippen LogP contribution in [0, 0.1) is 0 Å². The summed E-state index contributed by atoms with van der Waals surface area (Å²) in [5, 5.41) is 0.384. The second-order valence-corrected chi connectivity index (χ2v) is 4.73. The van der Waals surface area contributed by atoms with Gasteiger partial charge in [0.2, 0.25) is 0 Å². The third-order valence-electron chi connectivity index (χ3n) is 3.06. The topological polar surface area (TPSA) is 57.2 Å². The van der Waals surface area contributed by atoms with Gasteiger partial charge in [-0.25, -0.2) is 4.79 Å². The molecule has 0 saturated heterocycles. The number of carbonyl (C=O) groups is 1. The van der Waals surface area contributed by atoms with E-state index in [9.17, 15) is 4.79 Å². The van der Waals surface area contributed by atoms with Gasteiger partial charge in [-0.3, -0.25) is 4.57 Å². The zero-order valence-electron chi connectivity index (χ0n) is 11.5. The number of nitrogen functional groups attached to an aromatic ring is 1. The van der Waals surface area contributed by atoms with Crippen molar-refractivity contribution in [2.24, 2.45) is 0 Å². The van der Waals surface area contributed by atoms with Crippen LogP contribution in [0.2, 0.25) is 5.15 Å². The van der Waals surface area contributed by atoms with Crippen molar-refractivity contribution in [2.75, 3.05) is 12.3 Å². The Hall–Kier alpha value is -1.94. The van der Waals surface area contributed by atoms with Crippen LogP contribution in [0.1, 0.15) is 29.9 Å². The molecule has 0 aliphatic carbocycles. The number of carbonyl (C=O) groups excluding carboxylic acids is 1. The number of nitrogens with zero attached hydrogens (tertiary/aromatic N) is 1. The molecule has 1 aromatic heterocycles. The Morgan fingerprint density at radius 1 is 1.30 bits per heavy atom. The highest BCUT2D eigenvalue weighted by atomic mass is 35.5. The average Bonchev–Trinajstić information content (AvgIpc) is 2.74. The van der Waals surface area contributed by atoms with Gasteiger partial charge in [0.05, 0.1) is 12.3 Å². The van der Waals surface area contributed by atoms with Crippen LogP contribution >= 0.6 is 11.6 Å². The SMILES string of the molecule is CCOC(=O)c1c(N)cc(Cl)n1-c1ccc(CC)cc1. The van der Waals surface area contributed by atoms with Crippen LogP contribution < -0.4 is 5.73 Å². The second-order valence-electron chi connectivity index (χ2n) is 4.35. The largest absolute Gasteiger partial charge is 0.461 e. The van der Waals surface area contributed by atoms with Gasteiger partial charge in [0, 0.05) is 5.69 Å². The molecule has 2 N–H and O–H groups in total. The van der Waals surface area contributed by atoms with Crippen LogP contribution in [0.3, 0.4) is 0 Å². The summed E-state index contributed by atoms with van der Waals surface area (Å²) in [7, 11) is 0. The molecule has 2 aromatic rings. The molecule has 0 amide bonds. The summed E-state index contributed by atoms with van der Waals surface area (Å²) in [5.74, 6) is -0.475. The smallest absolute Gasteiger partial charge is 0.357 e. The molecule has 5 heteroatoms. The predicted octanol–water partition coefficient (Wildman–Crippen LogP) is 3.45. The Labute approximate surface area is 123 Å². The Morgan fingerprint density at radius 2 is 1.95 bits per heavy atom. The normalized spacial score (nSPS) is 10.6. The molecule has 0 unspecified atom stereocenters. The number of hydrogen-bond acceptors (Lipinski definition) is 3. The molecule has 1 heterocycles. The monoisotopic (exact) mass is 292 g/mol. The molecule has 0 bridgehead atoms. The maximum Gasteiger partial charge on any atom is 0.357 e. The number of ether oxygens (including phenoxy) is 1. The fraction of sp³-hybridized carbons (Fsp3) is 0.267. The fourth-order valence-corrected chi connectivity index (χ4v) is 2.34.